The highest BCUT2D eigenvalue weighted by molar-refractivity contribution is 9.10. The molecule has 1 atom stereocenters. The van der Waals surface area contributed by atoms with Gasteiger partial charge in [-0.1, -0.05) is 39.1 Å². The fourth-order valence-electron chi connectivity index (χ4n) is 1.80. The maximum atomic E-state index is 6.15. The van der Waals surface area contributed by atoms with Crippen LogP contribution in [-0.4, -0.2) is 0 Å². The fraction of sp³-hybridized carbons (Fsp3) is 0.231. The molecule has 2 rings (SSSR count). The third kappa shape index (κ3) is 3.41. The van der Waals surface area contributed by atoms with Gasteiger partial charge < -0.3 is 5.32 Å². The minimum absolute atomic E-state index is 0.120. The van der Waals surface area contributed by atoms with E-state index in [1.54, 1.807) is 0 Å². The van der Waals surface area contributed by atoms with Crippen molar-refractivity contribution < 1.29 is 0 Å². The van der Waals surface area contributed by atoms with E-state index < -0.39 is 0 Å². The van der Waals surface area contributed by atoms with Crippen molar-refractivity contribution in [3.63, 3.8) is 0 Å². The summed E-state index contributed by atoms with van der Waals surface area (Å²) < 4.78 is 2.52. The first-order valence-electron chi connectivity index (χ1n) is 5.44. The number of anilines is 1. The van der Waals surface area contributed by atoms with E-state index in [0.717, 1.165) is 20.1 Å². The Hall–Kier alpha value is -0.220. The van der Waals surface area contributed by atoms with E-state index >= 15 is 0 Å². The van der Waals surface area contributed by atoms with E-state index in [4.69, 9.17) is 23.2 Å². The number of benzene rings is 1. The van der Waals surface area contributed by atoms with Crippen molar-refractivity contribution in [1.82, 2.24) is 0 Å². The van der Waals surface area contributed by atoms with Crippen LogP contribution in [0.3, 0.4) is 0 Å². The molecule has 18 heavy (non-hydrogen) atoms. The largest absolute Gasteiger partial charge is 0.378 e. The standard InChI is InChI=1S/C13H12BrCl2NS/c1-7-3-9(14)5-10(4-7)17-8(2)11-6-12(15)18-13(11)16/h3-6,8,17H,1-2H3. The predicted octanol–water partition coefficient (Wildman–Crippen LogP) is 6.30. The summed E-state index contributed by atoms with van der Waals surface area (Å²) in [5.41, 5.74) is 3.30. The second-order valence-corrected chi connectivity index (χ2v) is 7.36. The van der Waals surface area contributed by atoms with Gasteiger partial charge >= 0.3 is 0 Å². The molecule has 0 radical (unpaired) electrons. The Morgan fingerprint density at radius 2 is 1.94 bits per heavy atom. The zero-order chi connectivity index (χ0) is 13.3. The number of thiophene rings is 1. The number of hydrogen-bond donors (Lipinski definition) is 1. The average molecular weight is 365 g/mol. The van der Waals surface area contributed by atoms with Gasteiger partial charge in [0.15, 0.2) is 0 Å². The molecule has 1 unspecified atom stereocenters. The van der Waals surface area contributed by atoms with E-state index in [-0.39, 0.29) is 6.04 Å². The van der Waals surface area contributed by atoms with Crippen LogP contribution in [0.5, 0.6) is 0 Å². The Morgan fingerprint density at radius 3 is 2.50 bits per heavy atom. The molecule has 96 valence electrons. The highest BCUT2D eigenvalue weighted by Crippen LogP contribution is 2.36. The first-order valence-corrected chi connectivity index (χ1v) is 7.80. The van der Waals surface area contributed by atoms with Gasteiger partial charge in [0, 0.05) is 15.7 Å². The van der Waals surface area contributed by atoms with E-state index in [9.17, 15) is 0 Å². The van der Waals surface area contributed by atoms with Gasteiger partial charge in [0.1, 0.15) is 0 Å². The summed E-state index contributed by atoms with van der Waals surface area (Å²) in [4.78, 5) is 0. The lowest BCUT2D eigenvalue weighted by Gasteiger charge is -2.15. The van der Waals surface area contributed by atoms with Crippen molar-refractivity contribution in [1.29, 1.82) is 0 Å². The second-order valence-electron chi connectivity index (χ2n) is 4.16. The molecule has 5 heteroatoms. The van der Waals surface area contributed by atoms with Crippen molar-refractivity contribution in [2.24, 2.45) is 0 Å². The highest BCUT2D eigenvalue weighted by atomic mass is 79.9. The molecule has 0 spiro atoms. The number of hydrogen-bond acceptors (Lipinski definition) is 2. The van der Waals surface area contributed by atoms with Crippen molar-refractivity contribution in [3.8, 4) is 0 Å². The number of halogens is 3. The molecule has 0 saturated heterocycles. The summed E-state index contributed by atoms with van der Waals surface area (Å²) in [5, 5.41) is 3.43. The number of aryl methyl sites for hydroxylation is 1. The molecule has 0 fully saturated rings. The predicted molar refractivity (Wildman–Crippen MR) is 85.3 cm³/mol. The van der Waals surface area contributed by atoms with E-state index in [2.05, 4.69) is 47.2 Å². The van der Waals surface area contributed by atoms with E-state index in [1.807, 2.05) is 12.1 Å². The zero-order valence-corrected chi connectivity index (χ0v) is 13.8. The van der Waals surface area contributed by atoms with Gasteiger partial charge in [0.25, 0.3) is 0 Å². The SMILES string of the molecule is Cc1cc(Br)cc(NC(C)c2cc(Cl)sc2Cl)c1. The van der Waals surface area contributed by atoms with Crippen LogP contribution in [0.1, 0.15) is 24.1 Å². The molecular formula is C13H12BrCl2NS. The van der Waals surface area contributed by atoms with E-state index in [0.29, 0.717) is 4.34 Å². The summed E-state index contributed by atoms with van der Waals surface area (Å²) in [6.45, 7) is 4.13. The summed E-state index contributed by atoms with van der Waals surface area (Å²) >= 11 is 17.0. The van der Waals surface area contributed by atoms with Crippen molar-refractivity contribution >= 4 is 56.2 Å². The minimum Gasteiger partial charge on any atom is -0.378 e. The third-order valence-corrected chi connectivity index (χ3v) is 4.55. The monoisotopic (exact) mass is 363 g/mol. The van der Waals surface area contributed by atoms with Crippen molar-refractivity contribution in [2.45, 2.75) is 19.9 Å². The Bertz CT molecular complexity index is 548. The van der Waals surface area contributed by atoms with Crippen LogP contribution in [0.15, 0.2) is 28.7 Å². The van der Waals surface area contributed by atoms with Crippen LogP contribution >= 0.6 is 50.5 Å². The molecule has 0 aliphatic carbocycles. The summed E-state index contributed by atoms with van der Waals surface area (Å²) in [6, 6.07) is 8.26. The van der Waals surface area contributed by atoms with Crippen LogP contribution in [0.25, 0.3) is 0 Å². The average Bonchev–Trinajstić information content (AvgIpc) is 2.56. The highest BCUT2D eigenvalue weighted by Gasteiger charge is 2.13. The van der Waals surface area contributed by atoms with Crippen LogP contribution in [0.4, 0.5) is 5.69 Å². The van der Waals surface area contributed by atoms with E-state index in [1.165, 1.54) is 16.9 Å². The molecule has 1 aromatic carbocycles. The normalized spacial score (nSPS) is 12.5. The lowest BCUT2D eigenvalue weighted by Crippen LogP contribution is -2.06. The molecule has 0 amide bonds. The van der Waals surface area contributed by atoms with Gasteiger partial charge in [-0.05, 0) is 43.7 Å². The van der Waals surface area contributed by atoms with Gasteiger partial charge in [-0.25, -0.2) is 0 Å². The number of rotatable bonds is 3. The Kier molecular flexibility index (Phi) is 4.59. The molecular weight excluding hydrogens is 353 g/mol. The zero-order valence-electron chi connectivity index (χ0n) is 9.93. The molecule has 1 nitrogen and oxygen atoms in total. The topological polar surface area (TPSA) is 12.0 Å². The lowest BCUT2D eigenvalue weighted by molar-refractivity contribution is 0.890. The third-order valence-electron chi connectivity index (χ3n) is 2.57. The van der Waals surface area contributed by atoms with Crippen LogP contribution in [0, 0.1) is 6.92 Å². The van der Waals surface area contributed by atoms with Crippen molar-refractivity contribution in [2.75, 3.05) is 5.32 Å². The van der Waals surface area contributed by atoms with Gasteiger partial charge in [-0.2, -0.15) is 0 Å². The van der Waals surface area contributed by atoms with Gasteiger partial charge in [0.2, 0.25) is 0 Å². The van der Waals surface area contributed by atoms with Gasteiger partial charge in [0.05, 0.1) is 14.7 Å². The second kappa shape index (κ2) is 5.83. The Labute approximate surface area is 129 Å². The van der Waals surface area contributed by atoms with Gasteiger partial charge in [-0.3, -0.25) is 0 Å². The molecule has 1 N–H and O–H groups in total. The lowest BCUT2D eigenvalue weighted by atomic mass is 10.1. The molecule has 0 aliphatic heterocycles. The maximum absolute atomic E-state index is 6.15. The molecule has 0 saturated carbocycles. The fourth-order valence-corrected chi connectivity index (χ4v) is 4.05. The van der Waals surface area contributed by atoms with Crippen LogP contribution < -0.4 is 5.32 Å². The minimum atomic E-state index is 0.120. The summed E-state index contributed by atoms with van der Waals surface area (Å²) in [7, 11) is 0. The Morgan fingerprint density at radius 1 is 1.22 bits per heavy atom. The molecule has 1 heterocycles. The molecule has 0 aliphatic rings. The maximum Gasteiger partial charge on any atom is 0.0996 e. The molecule has 1 aromatic heterocycles. The molecule has 2 aromatic rings. The van der Waals surface area contributed by atoms with Crippen molar-refractivity contribution in [3.05, 3.63) is 48.5 Å². The Balaban J connectivity index is 2.20. The van der Waals surface area contributed by atoms with Gasteiger partial charge in [-0.15, -0.1) is 11.3 Å². The van der Waals surface area contributed by atoms with Crippen LogP contribution in [-0.2, 0) is 0 Å². The first-order chi connectivity index (χ1) is 8.45. The first kappa shape index (κ1) is 14.2. The quantitative estimate of drug-likeness (QED) is 0.673. The smallest absolute Gasteiger partial charge is 0.0996 e. The van der Waals surface area contributed by atoms with Crippen LogP contribution in [0.2, 0.25) is 8.67 Å². The summed E-state index contributed by atoms with van der Waals surface area (Å²) in [6.07, 6.45) is 0. The summed E-state index contributed by atoms with van der Waals surface area (Å²) in [5.74, 6) is 0. The molecule has 0 bridgehead atoms. The number of nitrogens with one attached hydrogen (secondary N) is 1.